The second-order valence-corrected chi connectivity index (χ2v) is 5.14. The van der Waals surface area contributed by atoms with E-state index in [2.05, 4.69) is 11.8 Å². The van der Waals surface area contributed by atoms with E-state index in [-0.39, 0.29) is 0 Å². The Labute approximate surface area is 93.0 Å². The number of hydrogen-bond acceptors (Lipinski definition) is 2. The van der Waals surface area contributed by atoms with Crippen LogP contribution in [0.2, 0.25) is 0 Å². The minimum atomic E-state index is 0.377. The van der Waals surface area contributed by atoms with Gasteiger partial charge < -0.3 is 0 Å². The number of unbranched alkanes of at least 4 members (excludes halogenated alkanes) is 1. The zero-order valence-electron chi connectivity index (χ0n) is 9.87. The Balaban J connectivity index is 1.80. The molecule has 0 spiro atoms. The van der Waals surface area contributed by atoms with E-state index in [1.807, 2.05) is 0 Å². The van der Waals surface area contributed by atoms with Gasteiger partial charge in [0.05, 0.1) is 0 Å². The zero-order chi connectivity index (χ0) is 10.7. The Hall–Kier alpha value is -0.370. The quantitative estimate of drug-likeness (QED) is 0.670. The molecule has 86 valence electrons. The summed E-state index contributed by atoms with van der Waals surface area (Å²) in [6, 6.07) is 0.824. The second-order valence-electron chi connectivity index (χ2n) is 5.14. The van der Waals surface area contributed by atoms with Gasteiger partial charge in [0.25, 0.3) is 0 Å². The monoisotopic (exact) mass is 209 g/mol. The van der Waals surface area contributed by atoms with Gasteiger partial charge in [-0.05, 0) is 38.6 Å². The first-order valence-electron chi connectivity index (χ1n) is 6.58. The number of carbonyl (C=O) groups excluding carboxylic acids is 1. The average Bonchev–Trinajstić information content (AvgIpc) is 2.99. The lowest BCUT2D eigenvalue weighted by atomic mass is 10.1. The van der Waals surface area contributed by atoms with Crippen molar-refractivity contribution >= 4 is 5.78 Å². The van der Waals surface area contributed by atoms with Gasteiger partial charge in [0, 0.05) is 24.9 Å². The molecule has 0 N–H and O–H groups in total. The van der Waals surface area contributed by atoms with Gasteiger partial charge in [0.1, 0.15) is 5.78 Å². The van der Waals surface area contributed by atoms with Crippen LogP contribution in [0.1, 0.15) is 51.9 Å². The van der Waals surface area contributed by atoms with Crippen molar-refractivity contribution < 1.29 is 4.79 Å². The molecule has 2 saturated carbocycles. The van der Waals surface area contributed by atoms with Gasteiger partial charge in [-0.15, -0.1) is 0 Å². The van der Waals surface area contributed by atoms with E-state index >= 15 is 0 Å². The highest BCUT2D eigenvalue weighted by molar-refractivity contribution is 5.83. The molecule has 2 nitrogen and oxygen atoms in total. The average molecular weight is 209 g/mol. The molecule has 0 amide bonds. The molecule has 0 aromatic carbocycles. The summed E-state index contributed by atoms with van der Waals surface area (Å²) >= 11 is 0. The largest absolute Gasteiger partial charge is 0.300 e. The molecule has 2 aliphatic rings. The Bertz CT molecular complexity index is 223. The van der Waals surface area contributed by atoms with Crippen molar-refractivity contribution in [2.45, 2.75) is 57.9 Å². The van der Waals surface area contributed by atoms with Gasteiger partial charge in [-0.2, -0.15) is 0 Å². The van der Waals surface area contributed by atoms with Crippen molar-refractivity contribution in [3.05, 3.63) is 0 Å². The maximum atomic E-state index is 11.6. The Morgan fingerprint density at radius 3 is 2.67 bits per heavy atom. The maximum Gasteiger partial charge on any atom is 0.137 e. The van der Waals surface area contributed by atoms with Crippen LogP contribution >= 0.6 is 0 Å². The van der Waals surface area contributed by atoms with Gasteiger partial charge in [0.2, 0.25) is 0 Å². The van der Waals surface area contributed by atoms with Crippen LogP contribution in [0, 0.1) is 5.92 Å². The number of Topliss-reactive ketones (excluding diaryl/α,β-unsaturated/α-hetero) is 1. The van der Waals surface area contributed by atoms with Crippen molar-refractivity contribution in [2.75, 3.05) is 13.1 Å². The first-order valence-corrected chi connectivity index (χ1v) is 6.58. The van der Waals surface area contributed by atoms with Crippen molar-refractivity contribution in [3.8, 4) is 0 Å². The number of rotatable bonds is 6. The number of hydrogen-bond donors (Lipinski definition) is 0. The molecule has 0 saturated heterocycles. The summed E-state index contributed by atoms with van der Waals surface area (Å²) in [5.41, 5.74) is 0. The topological polar surface area (TPSA) is 20.3 Å². The van der Waals surface area contributed by atoms with Crippen LogP contribution in [0.25, 0.3) is 0 Å². The van der Waals surface area contributed by atoms with Crippen LogP contribution in [-0.4, -0.2) is 29.8 Å². The molecule has 15 heavy (non-hydrogen) atoms. The van der Waals surface area contributed by atoms with E-state index in [1.165, 1.54) is 32.2 Å². The third-order valence-corrected chi connectivity index (χ3v) is 3.75. The minimum absolute atomic E-state index is 0.377. The van der Waals surface area contributed by atoms with Crippen LogP contribution < -0.4 is 0 Å². The molecular weight excluding hydrogens is 186 g/mol. The van der Waals surface area contributed by atoms with Gasteiger partial charge >= 0.3 is 0 Å². The van der Waals surface area contributed by atoms with Crippen LogP contribution in [0.3, 0.4) is 0 Å². The van der Waals surface area contributed by atoms with Crippen molar-refractivity contribution in [2.24, 2.45) is 5.92 Å². The molecular formula is C13H23NO. The van der Waals surface area contributed by atoms with Crippen LogP contribution in [0.15, 0.2) is 0 Å². The summed E-state index contributed by atoms with van der Waals surface area (Å²) in [4.78, 5) is 14.2. The number of nitrogens with zero attached hydrogens (tertiary/aromatic N) is 1. The summed E-state index contributed by atoms with van der Waals surface area (Å²) in [7, 11) is 0. The molecule has 0 radical (unpaired) electrons. The Morgan fingerprint density at radius 1 is 1.33 bits per heavy atom. The number of ketones is 1. The molecule has 2 rings (SSSR count). The predicted octanol–water partition coefficient (Wildman–Crippen LogP) is 2.62. The third-order valence-electron chi connectivity index (χ3n) is 3.75. The highest BCUT2D eigenvalue weighted by Gasteiger charge is 2.33. The summed E-state index contributed by atoms with van der Waals surface area (Å²) < 4.78 is 0. The van der Waals surface area contributed by atoms with E-state index in [9.17, 15) is 4.79 Å². The smallest absolute Gasteiger partial charge is 0.137 e. The fourth-order valence-electron chi connectivity index (χ4n) is 2.59. The lowest BCUT2D eigenvalue weighted by Gasteiger charge is -2.24. The Kier molecular flexibility index (Phi) is 3.79. The van der Waals surface area contributed by atoms with Gasteiger partial charge in [-0.3, -0.25) is 9.69 Å². The van der Waals surface area contributed by atoms with E-state index < -0.39 is 0 Å². The molecule has 1 unspecified atom stereocenters. The molecule has 0 aromatic heterocycles. The standard InChI is InChI=1S/C13H23NO/c1-2-3-9-14(12-7-8-12)10-11-5-4-6-13(11)15/h11-12H,2-10H2,1H3. The third kappa shape index (κ3) is 3.04. The fourth-order valence-corrected chi connectivity index (χ4v) is 2.59. The lowest BCUT2D eigenvalue weighted by molar-refractivity contribution is -0.121. The lowest BCUT2D eigenvalue weighted by Crippen LogP contribution is -2.33. The fraction of sp³-hybridized carbons (Fsp3) is 0.923. The first kappa shape index (κ1) is 11.1. The minimum Gasteiger partial charge on any atom is -0.300 e. The molecule has 0 aromatic rings. The zero-order valence-corrected chi connectivity index (χ0v) is 9.87. The Morgan fingerprint density at radius 2 is 2.13 bits per heavy atom. The molecule has 2 aliphatic carbocycles. The van der Waals surface area contributed by atoms with E-state index in [0.717, 1.165) is 31.8 Å². The van der Waals surface area contributed by atoms with Gasteiger partial charge in [-0.1, -0.05) is 13.3 Å². The maximum absolute atomic E-state index is 11.6. The van der Waals surface area contributed by atoms with E-state index in [4.69, 9.17) is 0 Å². The van der Waals surface area contributed by atoms with Crippen molar-refractivity contribution in [1.82, 2.24) is 4.90 Å². The SMILES string of the molecule is CCCCN(CC1CCCC1=O)C1CC1. The van der Waals surface area contributed by atoms with Crippen LogP contribution in [0.5, 0.6) is 0 Å². The molecule has 2 fully saturated rings. The van der Waals surface area contributed by atoms with Crippen LogP contribution in [0.4, 0.5) is 0 Å². The summed E-state index contributed by atoms with van der Waals surface area (Å²) in [5, 5.41) is 0. The van der Waals surface area contributed by atoms with Crippen molar-refractivity contribution in [1.29, 1.82) is 0 Å². The molecule has 0 aliphatic heterocycles. The molecule has 2 heteroatoms. The highest BCUT2D eigenvalue weighted by atomic mass is 16.1. The highest BCUT2D eigenvalue weighted by Crippen LogP contribution is 2.30. The first-order chi connectivity index (χ1) is 7.31. The summed E-state index contributed by atoms with van der Waals surface area (Å²) in [6.07, 6.45) is 8.41. The van der Waals surface area contributed by atoms with Gasteiger partial charge in [-0.25, -0.2) is 0 Å². The summed E-state index contributed by atoms with van der Waals surface area (Å²) in [5.74, 6) is 0.902. The van der Waals surface area contributed by atoms with Crippen molar-refractivity contribution in [3.63, 3.8) is 0 Å². The molecule has 0 heterocycles. The number of carbonyl (C=O) groups is 1. The molecule has 0 bridgehead atoms. The van der Waals surface area contributed by atoms with Crippen LogP contribution in [-0.2, 0) is 4.79 Å². The normalized spacial score (nSPS) is 26.5. The van der Waals surface area contributed by atoms with E-state index in [1.54, 1.807) is 0 Å². The second kappa shape index (κ2) is 5.11. The summed E-state index contributed by atoms with van der Waals surface area (Å²) in [6.45, 7) is 4.51. The predicted molar refractivity (Wildman–Crippen MR) is 61.9 cm³/mol. The van der Waals surface area contributed by atoms with Gasteiger partial charge in [0.15, 0.2) is 0 Å². The molecule has 1 atom stereocenters. The van der Waals surface area contributed by atoms with E-state index in [0.29, 0.717) is 11.7 Å².